The van der Waals surface area contributed by atoms with E-state index in [1.807, 2.05) is 0 Å². The minimum absolute atomic E-state index is 0.690. The molecule has 1 rings (SSSR count). The molecule has 2 unspecified atom stereocenters. The molecule has 1 aromatic heterocycles. The van der Waals surface area contributed by atoms with E-state index in [0.29, 0.717) is 5.56 Å². The van der Waals surface area contributed by atoms with E-state index in [4.69, 9.17) is 5.11 Å². The summed E-state index contributed by atoms with van der Waals surface area (Å²) in [4.78, 5) is 3.79. The van der Waals surface area contributed by atoms with Gasteiger partial charge in [-0.15, -0.1) is 0 Å². The van der Waals surface area contributed by atoms with Crippen LogP contribution in [0.3, 0.4) is 0 Å². The summed E-state index contributed by atoms with van der Waals surface area (Å²) in [7, 11) is 0. The topological polar surface area (TPSA) is 53.4 Å². The fourth-order valence-corrected chi connectivity index (χ4v) is 0.839. The third kappa shape index (κ3) is 2.00. The van der Waals surface area contributed by atoms with E-state index in [9.17, 15) is 5.11 Å². The zero-order chi connectivity index (χ0) is 8.27. The molecule has 1 aromatic rings. The fraction of sp³-hybridized carbons (Fsp3) is 0.375. The molecular formula is C8H11NO2. The van der Waals surface area contributed by atoms with Gasteiger partial charge in [0.2, 0.25) is 0 Å². The molecule has 11 heavy (non-hydrogen) atoms. The molecule has 3 heteroatoms. The summed E-state index contributed by atoms with van der Waals surface area (Å²) < 4.78 is 0. The molecule has 0 aromatic carbocycles. The van der Waals surface area contributed by atoms with Gasteiger partial charge in [-0.05, 0) is 24.6 Å². The van der Waals surface area contributed by atoms with Crippen molar-refractivity contribution in [3.63, 3.8) is 0 Å². The van der Waals surface area contributed by atoms with Gasteiger partial charge >= 0.3 is 0 Å². The van der Waals surface area contributed by atoms with E-state index < -0.39 is 12.2 Å². The van der Waals surface area contributed by atoms with E-state index in [1.54, 1.807) is 31.5 Å². The van der Waals surface area contributed by atoms with Crippen molar-refractivity contribution in [1.29, 1.82) is 0 Å². The van der Waals surface area contributed by atoms with Crippen LogP contribution in [0.4, 0.5) is 0 Å². The van der Waals surface area contributed by atoms with E-state index in [0.717, 1.165) is 0 Å². The van der Waals surface area contributed by atoms with Gasteiger partial charge < -0.3 is 10.2 Å². The van der Waals surface area contributed by atoms with Crippen LogP contribution >= 0.6 is 0 Å². The third-order valence-corrected chi connectivity index (χ3v) is 1.50. The second-order valence-corrected chi connectivity index (χ2v) is 2.47. The summed E-state index contributed by atoms with van der Waals surface area (Å²) in [5, 5.41) is 18.3. The van der Waals surface area contributed by atoms with Crippen molar-refractivity contribution < 1.29 is 10.2 Å². The van der Waals surface area contributed by atoms with Gasteiger partial charge in [-0.2, -0.15) is 0 Å². The molecule has 0 spiro atoms. The first-order valence-corrected chi connectivity index (χ1v) is 3.48. The molecule has 1 heterocycles. The van der Waals surface area contributed by atoms with E-state index in [2.05, 4.69) is 4.98 Å². The van der Waals surface area contributed by atoms with Crippen LogP contribution in [-0.4, -0.2) is 21.3 Å². The van der Waals surface area contributed by atoms with Gasteiger partial charge in [0, 0.05) is 12.4 Å². The summed E-state index contributed by atoms with van der Waals surface area (Å²) in [5.41, 5.74) is 0.690. The largest absolute Gasteiger partial charge is 0.390 e. The highest BCUT2D eigenvalue weighted by molar-refractivity contribution is 5.13. The summed E-state index contributed by atoms with van der Waals surface area (Å²) in [5.74, 6) is 0. The Labute approximate surface area is 65.3 Å². The highest BCUT2D eigenvalue weighted by atomic mass is 16.3. The van der Waals surface area contributed by atoms with E-state index >= 15 is 0 Å². The first-order valence-electron chi connectivity index (χ1n) is 3.48. The number of aliphatic hydroxyl groups excluding tert-OH is 2. The predicted octanol–water partition coefficient (Wildman–Crippen LogP) is 0.496. The van der Waals surface area contributed by atoms with Crippen LogP contribution in [0.15, 0.2) is 24.5 Å². The Kier molecular flexibility index (Phi) is 2.57. The molecule has 0 aliphatic carbocycles. The molecule has 0 aliphatic rings. The van der Waals surface area contributed by atoms with Crippen LogP contribution in [-0.2, 0) is 0 Å². The summed E-state index contributed by atoms with van der Waals surface area (Å²) in [6.07, 6.45) is 1.62. The zero-order valence-electron chi connectivity index (χ0n) is 6.31. The van der Waals surface area contributed by atoms with Crippen molar-refractivity contribution >= 4 is 0 Å². The van der Waals surface area contributed by atoms with Crippen molar-refractivity contribution in [2.24, 2.45) is 0 Å². The van der Waals surface area contributed by atoms with Crippen molar-refractivity contribution in [3.8, 4) is 0 Å². The quantitative estimate of drug-likeness (QED) is 0.650. The molecule has 60 valence electrons. The predicted molar refractivity (Wildman–Crippen MR) is 40.9 cm³/mol. The molecule has 0 saturated heterocycles. The molecule has 2 atom stereocenters. The molecular weight excluding hydrogens is 142 g/mol. The average Bonchev–Trinajstić information content (AvgIpc) is 2.05. The standard InChI is InChI=1S/C8H11NO2/c1-6(10)8(11)7-2-4-9-5-3-7/h2-6,8,10-11H,1H3. The van der Waals surface area contributed by atoms with Crippen molar-refractivity contribution in [2.75, 3.05) is 0 Å². The van der Waals surface area contributed by atoms with Crippen LogP contribution in [0, 0.1) is 0 Å². The first kappa shape index (κ1) is 8.17. The Bertz CT molecular complexity index is 211. The zero-order valence-corrected chi connectivity index (χ0v) is 6.31. The number of hydrogen-bond donors (Lipinski definition) is 2. The van der Waals surface area contributed by atoms with Crippen LogP contribution in [0.1, 0.15) is 18.6 Å². The maximum Gasteiger partial charge on any atom is 0.105 e. The molecule has 2 N–H and O–H groups in total. The first-order chi connectivity index (χ1) is 5.22. The average molecular weight is 153 g/mol. The highest BCUT2D eigenvalue weighted by Gasteiger charge is 2.11. The Balaban J connectivity index is 2.77. The highest BCUT2D eigenvalue weighted by Crippen LogP contribution is 2.14. The van der Waals surface area contributed by atoms with Crippen molar-refractivity contribution in [2.45, 2.75) is 19.1 Å². The molecule has 0 radical (unpaired) electrons. The second-order valence-electron chi connectivity index (χ2n) is 2.47. The van der Waals surface area contributed by atoms with Crippen molar-refractivity contribution in [3.05, 3.63) is 30.1 Å². The molecule has 0 bridgehead atoms. The summed E-state index contributed by atoms with van der Waals surface area (Å²) in [6.45, 7) is 1.55. The van der Waals surface area contributed by atoms with Crippen LogP contribution < -0.4 is 0 Å². The summed E-state index contributed by atoms with van der Waals surface area (Å²) >= 11 is 0. The smallest absolute Gasteiger partial charge is 0.105 e. The van der Waals surface area contributed by atoms with Gasteiger partial charge in [-0.1, -0.05) is 0 Å². The lowest BCUT2D eigenvalue weighted by Gasteiger charge is -2.12. The number of aliphatic hydroxyl groups is 2. The lowest BCUT2D eigenvalue weighted by atomic mass is 10.1. The molecule has 0 saturated carbocycles. The normalized spacial score (nSPS) is 15.9. The number of aromatic nitrogens is 1. The minimum atomic E-state index is -0.807. The monoisotopic (exact) mass is 153 g/mol. The van der Waals surface area contributed by atoms with Crippen LogP contribution in [0.25, 0.3) is 0 Å². The van der Waals surface area contributed by atoms with E-state index in [1.165, 1.54) is 0 Å². The second kappa shape index (κ2) is 3.46. The minimum Gasteiger partial charge on any atom is -0.390 e. The molecule has 0 aliphatic heterocycles. The number of rotatable bonds is 2. The van der Waals surface area contributed by atoms with Gasteiger partial charge in [-0.25, -0.2) is 0 Å². The van der Waals surface area contributed by atoms with Crippen molar-refractivity contribution in [1.82, 2.24) is 4.98 Å². The maximum atomic E-state index is 9.32. The SMILES string of the molecule is CC(O)C(O)c1ccncc1. The number of hydrogen-bond acceptors (Lipinski definition) is 3. The van der Waals surface area contributed by atoms with Gasteiger partial charge in [0.15, 0.2) is 0 Å². The van der Waals surface area contributed by atoms with Crippen LogP contribution in [0.2, 0.25) is 0 Å². The molecule has 3 nitrogen and oxygen atoms in total. The number of pyridine rings is 1. The Morgan fingerprint density at radius 2 is 1.82 bits per heavy atom. The summed E-state index contributed by atoms with van der Waals surface area (Å²) in [6, 6.07) is 3.36. The Morgan fingerprint density at radius 3 is 2.27 bits per heavy atom. The lowest BCUT2D eigenvalue weighted by Crippen LogP contribution is -2.13. The van der Waals surface area contributed by atoms with Gasteiger partial charge in [-0.3, -0.25) is 4.98 Å². The number of nitrogens with zero attached hydrogens (tertiary/aromatic N) is 1. The lowest BCUT2D eigenvalue weighted by molar-refractivity contribution is 0.0305. The Hall–Kier alpha value is -0.930. The molecule has 0 fully saturated rings. The van der Waals surface area contributed by atoms with E-state index in [-0.39, 0.29) is 0 Å². The maximum absolute atomic E-state index is 9.32. The third-order valence-electron chi connectivity index (χ3n) is 1.50. The van der Waals surface area contributed by atoms with Crippen LogP contribution in [0.5, 0.6) is 0 Å². The fourth-order valence-electron chi connectivity index (χ4n) is 0.839. The molecule has 0 amide bonds. The Morgan fingerprint density at radius 1 is 1.27 bits per heavy atom. The van der Waals surface area contributed by atoms with Gasteiger partial charge in [0.1, 0.15) is 6.10 Å². The van der Waals surface area contributed by atoms with Gasteiger partial charge in [0.05, 0.1) is 6.10 Å². The van der Waals surface area contributed by atoms with Gasteiger partial charge in [0.25, 0.3) is 0 Å².